The molecule has 1 rings (SSSR count). The average molecular weight is 182 g/mol. The highest BCUT2D eigenvalue weighted by molar-refractivity contribution is 5.01. The van der Waals surface area contributed by atoms with Crippen molar-refractivity contribution in [3.63, 3.8) is 0 Å². The third-order valence-electron chi connectivity index (χ3n) is 3.19. The molecule has 1 saturated carbocycles. The normalized spacial score (nSPS) is 40.1. The van der Waals surface area contributed by atoms with E-state index in [1.165, 1.54) is 5.57 Å². The van der Waals surface area contributed by atoms with Crippen LogP contribution in [0.15, 0.2) is 11.6 Å². The van der Waals surface area contributed by atoms with Crippen LogP contribution in [0.4, 0.5) is 0 Å². The number of aliphatic hydroxyl groups is 1. The van der Waals surface area contributed by atoms with E-state index in [0.29, 0.717) is 17.8 Å². The van der Waals surface area contributed by atoms with Crippen LogP contribution < -0.4 is 0 Å². The van der Waals surface area contributed by atoms with Crippen molar-refractivity contribution in [3.05, 3.63) is 11.6 Å². The van der Waals surface area contributed by atoms with E-state index in [4.69, 9.17) is 0 Å². The Balaban J connectivity index is 2.61. The minimum absolute atomic E-state index is 0.0724. The third kappa shape index (κ3) is 2.84. The summed E-state index contributed by atoms with van der Waals surface area (Å²) in [5, 5.41) is 9.68. The third-order valence-corrected chi connectivity index (χ3v) is 3.19. The number of rotatable bonds is 1. The molecule has 0 amide bonds. The quantitative estimate of drug-likeness (QED) is 0.618. The van der Waals surface area contributed by atoms with Gasteiger partial charge in [-0.05, 0) is 44.4 Å². The molecule has 0 aromatic rings. The summed E-state index contributed by atoms with van der Waals surface area (Å²) in [4.78, 5) is 0. The van der Waals surface area contributed by atoms with E-state index in [1.807, 2.05) is 0 Å². The van der Waals surface area contributed by atoms with Gasteiger partial charge in [-0.3, -0.25) is 0 Å². The zero-order valence-electron chi connectivity index (χ0n) is 9.25. The van der Waals surface area contributed by atoms with Crippen molar-refractivity contribution >= 4 is 0 Å². The second-order valence-electron chi connectivity index (χ2n) is 4.90. The predicted octanol–water partition coefficient (Wildman–Crippen LogP) is 3.00. The van der Waals surface area contributed by atoms with E-state index in [9.17, 15) is 5.11 Å². The maximum Gasteiger partial charge on any atom is 0.0568 e. The van der Waals surface area contributed by atoms with Gasteiger partial charge in [0.25, 0.3) is 0 Å². The van der Waals surface area contributed by atoms with E-state index in [1.54, 1.807) is 0 Å². The molecule has 76 valence electrons. The van der Waals surface area contributed by atoms with Crippen LogP contribution in [0.25, 0.3) is 0 Å². The van der Waals surface area contributed by atoms with Crippen LogP contribution in [0.3, 0.4) is 0 Å². The summed E-state index contributed by atoms with van der Waals surface area (Å²) < 4.78 is 0. The largest absolute Gasteiger partial charge is 0.393 e. The first-order valence-electron chi connectivity index (χ1n) is 5.33. The van der Waals surface area contributed by atoms with Crippen LogP contribution in [-0.2, 0) is 0 Å². The Kier molecular flexibility index (Phi) is 3.55. The molecule has 0 aliphatic heterocycles. The standard InChI is InChI=1S/C12H22O/c1-8(2)5-11-6-10(4)12(13)7-9(11)3/h5,9-13H,6-7H2,1-4H3. The molecule has 0 saturated heterocycles. The second-order valence-corrected chi connectivity index (χ2v) is 4.90. The van der Waals surface area contributed by atoms with Gasteiger partial charge in [-0.25, -0.2) is 0 Å². The van der Waals surface area contributed by atoms with Crippen LogP contribution in [0.1, 0.15) is 40.5 Å². The Morgan fingerprint density at radius 3 is 2.31 bits per heavy atom. The van der Waals surface area contributed by atoms with E-state index >= 15 is 0 Å². The first-order valence-corrected chi connectivity index (χ1v) is 5.33. The lowest BCUT2D eigenvalue weighted by atomic mass is 9.73. The highest BCUT2D eigenvalue weighted by Gasteiger charge is 2.29. The predicted molar refractivity (Wildman–Crippen MR) is 56.5 cm³/mol. The molecule has 0 heterocycles. The SMILES string of the molecule is CC(C)=CC1CC(C)C(O)CC1C. The monoisotopic (exact) mass is 182 g/mol. The van der Waals surface area contributed by atoms with Crippen LogP contribution in [0.2, 0.25) is 0 Å². The molecule has 4 unspecified atom stereocenters. The number of aliphatic hydroxyl groups excluding tert-OH is 1. The Hall–Kier alpha value is -0.300. The lowest BCUT2D eigenvalue weighted by molar-refractivity contribution is 0.0397. The fraction of sp³-hybridized carbons (Fsp3) is 0.833. The Morgan fingerprint density at radius 2 is 1.77 bits per heavy atom. The Labute approximate surface area is 81.9 Å². The molecular formula is C12H22O. The van der Waals surface area contributed by atoms with Gasteiger partial charge in [0.15, 0.2) is 0 Å². The van der Waals surface area contributed by atoms with Gasteiger partial charge in [-0.15, -0.1) is 0 Å². The number of hydrogen-bond acceptors (Lipinski definition) is 1. The smallest absolute Gasteiger partial charge is 0.0568 e. The molecular weight excluding hydrogens is 160 g/mol. The van der Waals surface area contributed by atoms with Crippen molar-refractivity contribution in [3.8, 4) is 0 Å². The number of hydrogen-bond donors (Lipinski definition) is 1. The summed E-state index contributed by atoms with van der Waals surface area (Å²) in [6.45, 7) is 8.71. The molecule has 0 bridgehead atoms. The fourth-order valence-electron chi connectivity index (χ4n) is 2.27. The van der Waals surface area contributed by atoms with Crippen molar-refractivity contribution in [2.75, 3.05) is 0 Å². The molecule has 1 N–H and O–H groups in total. The summed E-state index contributed by atoms with van der Waals surface area (Å²) >= 11 is 0. The van der Waals surface area contributed by atoms with Gasteiger partial charge in [0.1, 0.15) is 0 Å². The van der Waals surface area contributed by atoms with Crippen molar-refractivity contribution < 1.29 is 5.11 Å². The van der Waals surface area contributed by atoms with Gasteiger partial charge in [-0.1, -0.05) is 25.5 Å². The number of allylic oxidation sites excluding steroid dienone is 2. The van der Waals surface area contributed by atoms with Gasteiger partial charge >= 0.3 is 0 Å². The van der Waals surface area contributed by atoms with Crippen molar-refractivity contribution in [2.45, 2.75) is 46.6 Å². The lowest BCUT2D eigenvalue weighted by Crippen LogP contribution is -2.31. The van der Waals surface area contributed by atoms with Crippen LogP contribution in [0, 0.1) is 17.8 Å². The van der Waals surface area contributed by atoms with Crippen LogP contribution in [0.5, 0.6) is 0 Å². The summed E-state index contributed by atoms with van der Waals surface area (Å²) in [5.74, 6) is 1.79. The first-order chi connectivity index (χ1) is 6.00. The lowest BCUT2D eigenvalue weighted by Gasteiger charge is -2.35. The highest BCUT2D eigenvalue weighted by atomic mass is 16.3. The van der Waals surface area contributed by atoms with E-state index < -0.39 is 0 Å². The van der Waals surface area contributed by atoms with E-state index in [0.717, 1.165) is 12.8 Å². The maximum atomic E-state index is 9.68. The molecule has 1 aliphatic carbocycles. The molecule has 1 nitrogen and oxygen atoms in total. The molecule has 4 atom stereocenters. The maximum absolute atomic E-state index is 9.68. The molecule has 0 radical (unpaired) electrons. The molecule has 1 heteroatoms. The molecule has 0 aromatic heterocycles. The van der Waals surface area contributed by atoms with Gasteiger partial charge in [0.05, 0.1) is 6.10 Å². The second kappa shape index (κ2) is 4.28. The summed E-state index contributed by atoms with van der Waals surface area (Å²) in [6.07, 6.45) is 4.41. The van der Waals surface area contributed by atoms with Crippen molar-refractivity contribution in [2.24, 2.45) is 17.8 Å². The Bertz CT molecular complexity index is 191. The minimum Gasteiger partial charge on any atom is -0.393 e. The topological polar surface area (TPSA) is 20.2 Å². The van der Waals surface area contributed by atoms with E-state index in [-0.39, 0.29) is 6.10 Å². The zero-order valence-corrected chi connectivity index (χ0v) is 9.25. The summed E-state index contributed by atoms with van der Waals surface area (Å²) in [5.41, 5.74) is 1.40. The molecule has 0 aromatic carbocycles. The summed E-state index contributed by atoms with van der Waals surface area (Å²) in [6, 6.07) is 0. The van der Waals surface area contributed by atoms with E-state index in [2.05, 4.69) is 33.8 Å². The highest BCUT2D eigenvalue weighted by Crippen LogP contribution is 2.34. The first kappa shape index (κ1) is 10.8. The van der Waals surface area contributed by atoms with Gasteiger partial charge in [0.2, 0.25) is 0 Å². The van der Waals surface area contributed by atoms with Crippen molar-refractivity contribution in [1.29, 1.82) is 0 Å². The summed E-state index contributed by atoms with van der Waals surface area (Å²) in [7, 11) is 0. The van der Waals surface area contributed by atoms with Gasteiger partial charge < -0.3 is 5.11 Å². The Morgan fingerprint density at radius 1 is 1.15 bits per heavy atom. The molecule has 1 fully saturated rings. The van der Waals surface area contributed by atoms with Gasteiger partial charge in [0, 0.05) is 0 Å². The molecule has 1 aliphatic rings. The van der Waals surface area contributed by atoms with Crippen LogP contribution in [-0.4, -0.2) is 11.2 Å². The minimum atomic E-state index is -0.0724. The van der Waals surface area contributed by atoms with Gasteiger partial charge in [-0.2, -0.15) is 0 Å². The molecule has 0 spiro atoms. The average Bonchev–Trinajstić information content (AvgIpc) is 1.99. The zero-order chi connectivity index (χ0) is 10.0. The van der Waals surface area contributed by atoms with Crippen LogP contribution >= 0.6 is 0 Å². The van der Waals surface area contributed by atoms with Crippen molar-refractivity contribution in [1.82, 2.24) is 0 Å². The molecule has 13 heavy (non-hydrogen) atoms. The fourth-order valence-corrected chi connectivity index (χ4v) is 2.27.